The molecule has 0 unspecified atom stereocenters. The molecule has 66 valence electrons. The summed E-state index contributed by atoms with van der Waals surface area (Å²) in [5.41, 5.74) is 0. The van der Waals surface area contributed by atoms with Crippen LogP contribution in [-0.2, 0) is 0 Å². The van der Waals surface area contributed by atoms with Crippen LogP contribution in [0.2, 0.25) is 0 Å². The van der Waals surface area contributed by atoms with E-state index in [1.165, 1.54) is 9.80 Å². The first kappa shape index (κ1) is 8.64. The highest BCUT2D eigenvalue weighted by Gasteiger charge is 2.28. The first-order valence-corrected chi connectivity index (χ1v) is 3.59. The minimum Gasteiger partial charge on any atom is -0.318 e. The summed E-state index contributed by atoms with van der Waals surface area (Å²) in [4.78, 5) is 16.1. The zero-order valence-corrected chi connectivity index (χ0v) is 7.66. The zero-order chi connectivity index (χ0) is 9.46. The van der Waals surface area contributed by atoms with Gasteiger partial charge in [-0.2, -0.15) is 0 Å². The third kappa shape index (κ3) is 0.958. The molecule has 1 rings (SSSR count). The molecule has 0 radical (unpaired) electrons. The van der Waals surface area contributed by atoms with Crippen LogP contribution < -0.4 is 0 Å². The molecule has 1 aliphatic heterocycles. The van der Waals surface area contributed by atoms with Crippen LogP contribution in [0.5, 0.6) is 0 Å². The van der Waals surface area contributed by atoms with Crippen LogP contribution in [0.3, 0.4) is 0 Å². The van der Waals surface area contributed by atoms with E-state index >= 15 is 0 Å². The highest BCUT2D eigenvalue weighted by molar-refractivity contribution is 5.78. The molecule has 1 heterocycles. The van der Waals surface area contributed by atoms with Crippen molar-refractivity contribution in [2.75, 3.05) is 21.1 Å². The molecular formula is C8H13N3O. The van der Waals surface area contributed by atoms with Gasteiger partial charge in [0.1, 0.15) is 11.6 Å². The van der Waals surface area contributed by atoms with E-state index in [2.05, 4.69) is 13.2 Å². The molecule has 4 heteroatoms. The number of hydrogen-bond donors (Lipinski definition) is 0. The maximum atomic E-state index is 11.4. The molecule has 0 aromatic heterocycles. The monoisotopic (exact) mass is 167 g/mol. The Morgan fingerprint density at radius 3 is 1.58 bits per heavy atom. The van der Waals surface area contributed by atoms with E-state index < -0.39 is 0 Å². The van der Waals surface area contributed by atoms with Gasteiger partial charge in [0.05, 0.1) is 0 Å². The molecule has 0 N–H and O–H groups in total. The SMILES string of the molecule is C=C1N(C)C(=C)N(C)C(=O)N1C. The molecule has 1 fully saturated rings. The highest BCUT2D eigenvalue weighted by Crippen LogP contribution is 2.20. The van der Waals surface area contributed by atoms with Gasteiger partial charge < -0.3 is 4.90 Å². The molecule has 0 aromatic carbocycles. The van der Waals surface area contributed by atoms with Gasteiger partial charge in [-0.05, 0) is 0 Å². The fourth-order valence-corrected chi connectivity index (χ4v) is 1.04. The maximum Gasteiger partial charge on any atom is 0.330 e. The summed E-state index contributed by atoms with van der Waals surface area (Å²) < 4.78 is 0. The fourth-order valence-electron chi connectivity index (χ4n) is 1.04. The maximum absolute atomic E-state index is 11.4. The van der Waals surface area contributed by atoms with E-state index in [4.69, 9.17) is 0 Å². The van der Waals surface area contributed by atoms with E-state index in [0.717, 1.165) is 0 Å². The van der Waals surface area contributed by atoms with E-state index in [0.29, 0.717) is 11.6 Å². The molecular weight excluding hydrogens is 154 g/mol. The number of rotatable bonds is 0. The normalized spacial score (nSPS) is 19.2. The summed E-state index contributed by atoms with van der Waals surface area (Å²) >= 11 is 0. The lowest BCUT2D eigenvalue weighted by atomic mass is 10.4. The van der Waals surface area contributed by atoms with Crippen molar-refractivity contribution >= 4 is 6.03 Å². The Morgan fingerprint density at radius 1 is 0.917 bits per heavy atom. The second-order valence-electron chi connectivity index (χ2n) is 2.79. The molecule has 12 heavy (non-hydrogen) atoms. The van der Waals surface area contributed by atoms with Gasteiger partial charge in [0.2, 0.25) is 0 Å². The first-order chi connectivity index (χ1) is 5.46. The number of hydrogen-bond acceptors (Lipinski definition) is 2. The second-order valence-corrected chi connectivity index (χ2v) is 2.79. The Balaban J connectivity index is 2.99. The third-order valence-corrected chi connectivity index (χ3v) is 2.12. The number of amides is 2. The van der Waals surface area contributed by atoms with Gasteiger partial charge in [0.15, 0.2) is 0 Å². The van der Waals surface area contributed by atoms with Crippen LogP contribution >= 0.6 is 0 Å². The summed E-state index contributed by atoms with van der Waals surface area (Å²) in [5.74, 6) is 1.28. The molecule has 1 saturated heterocycles. The van der Waals surface area contributed by atoms with Crippen LogP contribution in [-0.4, -0.2) is 41.9 Å². The molecule has 1 aliphatic rings. The zero-order valence-electron chi connectivity index (χ0n) is 7.66. The largest absolute Gasteiger partial charge is 0.330 e. The number of carbonyl (C=O) groups is 1. The summed E-state index contributed by atoms with van der Waals surface area (Å²) in [5, 5.41) is 0. The molecule has 0 spiro atoms. The lowest BCUT2D eigenvalue weighted by Gasteiger charge is -2.40. The molecule has 0 atom stereocenters. The van der Waals surface area contributed by atoms with Gasteiger partial charge in [-0.15, -0.1) is 0 Å². The van der Waals surface area contributed by atoms with E-state index in [-0.39, 0.29) is 6.03 Å². The lowest BCUT2D eigenvalue weighted by molar-refractivity contribution is 0.148. The minimum atomic E-state index is -0.108. The van der Waals surface area contributed by atoms with Crippen molar-refractivity contribution in [1.82, 2.24) is 14.7 Å². The molecule has 2 amide bonds. The van der Waals surface area contributed by atoms with E-state index in [1.807, 2.05) is 7.05 Å². The van der Waals surface area contributed by atoms with Crippen molar-refractivity contribution in [2.24, 2.45) is 0 Å². The summed E-state index contributed by atoms with van der Waals surface area (Å²) in [6, 6.07) is -0.108. The number of nitrogens with zero attached hydrogens (tertiary/aromatic N) is 3. The standard InChI is InChI=1S/C8H13N3O/c1-6-9(3)7(2)11(5)8(12)10(6)4/h1-2H2,3-5H3. The fraction of sp³-hybridized carbons (Fsp3) is 0.375. The summed E-state index contributed by atoms with van der Waals surface area (Å²) in [6.45, 7) is 7.51. The van der Waals surface area contributed by atoms with Crippen molar-refractivity contribution < 1.29 is 4.79 Å². The third-order valence-electron chi connectivity index (χ3n) is 2.12. The topological polar surface area (TPSA) is 26.8 Å². The van der Waals surface area contributed by atoms with Crippen LogP contribution in [0.15, 0.2) is 24.8 Å². The van der Waals surface area contributed by atoms with Gasteiger partial charge in [0, 0.05) is 21.1 Å². The average molecular weight is 167 g/mol. The summed E-state index contributed by atoms with van der Waals surface area (Å²) in [6.07, 6.45) is 0. The van der Waals surface area contributed by atoms with Gasteiger partial charge in [-0.1, -0.05) is 13.2 Å². The smallest absolute Gasteiger partial charge is 0.318 e. The van der Waals surface area contributed by atoms with Gasteiger partial charge in [0.25, 0.3) is 0 Å². The molecule has 4 nitrogen and oxygen atoms in total. The quantitative estimate of drug-likeness (QED) is 0.535. The van der Waals surface area contributed by atoms with Gasteiger partial charge in [-0.25, -0.2) is 4.79 Å². The second kappa shape index (κ2) is 2.55. The van der Waals surface area contributed by atoms with Crippen molar-refractivity contribution in [1.29, 1.82) is 0 Å². The molecule has 0 aromatic rings. The summed E-state index contributed by atoms with van der Waals surface area (Å²) in [7, 11) is 5.19. The first-order valence-electron chi connectivity index (χ1n) is 3.59. The Morgan fingerprint density at radius 2 is 1.25 bits per heavy atom. The van der Waals surface area contributed by atoms with Crippen LogP contribution in [0, 0.1) is 0 Å². The molecule has 0 bridgehead atoms. The average Bonchev–Trinajstić information content (AvgIpc) is 2.08. The predicted molar refractivity (Wildman–Crippen MR) is 47.0 cm³/mol. The van der Waals surface area contributed by atoms with Crippen molar-refractivity contribution in [2.45, 2.75) is 0 Å². The van der Waals surface area contributed by atoms with E-state index in [1.54, 1.807) is 19.0 Å². The minimum absolute atomic E-state index is 0.108. The van der Waals surface area contributed by atoms with Crippen molar-refractivity contribution in [3.63, 3.8) is 0 Å². The van der Waals surface area contributed by atoms with Crippen molar-refractivity contribution in [3.8, 4) is 0 Å². The highest BCUT2D eigenvalue weighted by atomic mass is 16.2. The predicted octanol–water partition coefficient (Wildman–Crippen LogP) is 0.858. The van der Waals surface area contributed by atoms with Crippen LogP contribution in [0.1, 0.15) is 0 Å². The Labute approximate surface area is 72.3 Å². The van der Waals surface area contributed by atoms with Gasteiger partial charge in [-0.3, -0.25) is 9.80 Å². The number of carbonyl (C=O) groups excluding carboxylic acids is 1. The lowest BCUT2D eigenvalue weighted by Crippen LogP contribution is -2.49. The van der Waals surface area contributed by atoms with E-state index in [9.17, 15) is 4.79 Å². The molecule has 0 saturated carbocycles. The number of urea groups is 1. The molecule has 0 aliphatic carbocycles. The van der Waals surface area contributed by atoms with Crippen LogP contribution in [0.4, 0.5) is 4.79 Å². The van der Waals surface area contributed by atoms with Gasteiger partial charge >= 0.3 is 6.03 Å². The van der Waals surface area contributed by atoms with Crippen molar-refractivity contribution in [3.05, 3.63) is 24.8 Å². The Kier molecular flexibility index (Phi) is 1.84. The Hall–Kier alpha value is -1.45. The van der Waals surface area contributed by atoms with Crippen LogP contribution in [0.25, 0.3) is 0 Å². The Bertz CT molecular complexity index is 198.